The lowest BCUT2D eigenvalue weighted by molar-refractivity contribution is -0.117. The molecule has 1 aliphatic heterocycles. The summed E-state index contributed by atoms with van der Waals surface area (Å²) in [4.78, 5) is 25.1. The van der Waals surface area contributed by atoms with Gasteiger partial charge in [0.15, 0.2) is 0 Å². The van der Waals surface area contributed by atoms with Gasteiger partial charge in [0.1, 0.15) is 0 Å². The quantitative estimate of drug-likeness (QED) is 0.868. The molecular formula is C17H20BrN5O. The van der Waals surface area contributed by atoms with E-state index in [4.69, 9.17) is 0 Å². The maximum absolute atomic E-state index is 12.2. The number of carbonyl (C=O) groups is 1. The van der Waals surface area contributed by atoms with Gasteiger partial charge in [-0.2, -0.15) is 0 Å². The molecule has 2 aromatic rings. The topological polar surface area (TPSA) is 61.4 Å². The second kappa shape index (κ2) is 7.72. The lowest BCUT2D eigenvalue weighted by Gasteiger charge is -2.34. The van der Waals surface area contributed by atoms with Crippen LogP contribution in [0.3, 0.4) is 0 Å². The largest absolute Gasteiger partial charge is 0.338 e. The number of rotatable bonds is 4. The van der Waals surface area contributed by atoms with E-state index in [0.717, 1.165) is 47.9 Å². The molecule has 7 heteroatoms. The zero-order valence-electron chi connectivity index (χ0n) is 13.6. The monoisotopic (exact) mass is 389 g/mol. The van der Waals surface area contributed by atoms with E-state index in [1.807, 2.05) is 31.2 Å². The lowest BCUT2D eigenvalue weighted by atomic mass is 10.2. The highest BCUT2D eigenvalue weighted by atomic mass is 79.9. The van der Waals surface area contributed by atoms with Crippen LogP contribution in [0.1, 0.15) is 5.56 Å². The number of aromatic nitrogens is 2. The second-order valence-electron chi connectivity index (χ2n) is 5.82. The Morgan fingerprint density at radius 2 is 1.92 bits per heavy atom. The first-order valence-corrected chi connectivity index (χ1v) is 8.71. The highest BCUT2D eigenvalue weighted by molar-refractivity contribution is 9.10. The number of nitrogens with one attached hydrogen (secondary N) is 1. The summed E-state index contributed by atoms with van der Waals surface area (Å²) in [6.45, 7) is 5.71. The number of hydrogen-bond acceptors (Lipinski definition) is 5. The normalized spacial score (nSPS) is 15.3. The number of hydrogen-bond donors (Lipinski definition) is 1. The van der Waals surface area contributed by atoms with E-state index in [1.54, 1.807) is 12.4 Å². The molecule has 0 spiro atoms. The summed E-state index contributed by atoms with van der Waals surface area (Å²) in [5.74, 6) is 0.771. The smallest absolute Gasteiger partial charge is 0.238 e. The van der Waals surface area contributed by atoms with Crippen molar-refractivity contribution in [2.45, 2.75) is 6.92 Å². The van der Waals surface area contributed by atoms with Crippen LogP contribution in [0.25, 0.3) is 0 Å². The number of piperazine rings is 1. The molecular weight excluding hydrogens is 370 g/mol. The van der Waals surface area contributed by atoms with Crippen molar-refractivity contribution in [3.8, 4) is 0 Å². The Morgan fingerprint density at radius 3 is 2.58 bits per heavy atom. The maximum Gasteiger partial charge on any atom is 0.238 e. The Balaban J connectivity index is 1.49. The molecule has 1 aromatic heterocycles. The van der Waals surface area contributed by atoms with Gasteiger partial charge in [0.2, 0.25) is 11.9 Å². The van der Waals surface area contributed by atoms with Gasteiger partial charge >= 0.3 is 0 Å². The van der Waals surface area contributed by atoms with Crippen LogP contribution in [0.2, 0.25) is 0 Å². The summed E-state index contributed by atoms with van der Waals surface area (Å²) >= 11 is 3.46. The van der Waals surface area contributed by atoms with Crippen molar-refractivity contribution in [1.29, 1.82) is 0 Å². The van der Waals surface area contributed by atoms with Gasteiger partial charge in [-0.05, 0) is 36.8 Å². The highest BCUT2D eigenvalue weighted by Gasteiger charge is 2.20. The molecule has 1 amide bonds. The number of amides is 1. The molecule has 1 N–H and O–H groups in total. The summed E-state index contributed by atoms with van der Waals surface area (Å²) in [6, 6.07) is 7.63. The molecule has 0 atom stereocenters. The van der Waals surface area contributed by atoms with Gasteiger partial charge in [-0.15, -0.1) is 0 Å². The number of anilines is 2. The van der Waals surface area contributed by atoms with Gasteiger partial charge in [-0.25, -0.2) is 9.97 Å². The molecule has 1 aliphatic rings. The zero-order chi connectivity index (χ0) is 16.9. The van der Waals surface area contributed by atoms with Gasteiger partial charge < -0.3 is 10.2 Å². The molecule has 0 saturated carbocycles. The van der Waals surface area contributed by atoms with E-state index >= 15 is 0 Å². The van der Waals surface area contributed by atoms with E-state index in [0.29, 0.717) is 6.54 Å². The van der Waals surface area contributed by atoms with Crippen LogP contribution in [0.5, 0.6) is 0 Å². The lowest BCUT2D eigenvalue weighted by Crippen LogP contribution is -2.49. The van der Waals surface area contributed by atoms with Crippen molar-refractivity contribution < 1.29 is 4.79 Å². The third-order valence-corrected chi connectivity index (χ3v) is 4.91. The molecule has 0 bridgehead atoms. The van der Waals surface area contributed by atoms with Crippen molar-refractivity contribution in [1.82, 2.24) is 14.9 Å². The molecule has 2 heterocycles. The van der Waals surface area contributed by atoms with Crippen LogP contribution in [0, 0.1) is 6.92 Å². The summed E-state index contributed by atoms with van der Waals surface area (Å²) in [6.07, 6.45) is 3.50. The van der Waals surface area contributed by atoms with Gasteiger partial charge in [0, 0.05) is 48.7 Å². The first-order chi connectivity index (χ1) is 11.6. The van der Waals surface area contributed by atoms with Crippen molar-refractivity contribution in [2.24, 2.45) is 0 Å². The minimum Gasteiger partial charge on any atom is -0.338 e. The van der Waals surface area contributed by atoms with E-state index < -0.39 is 0 Å². The van der Waals surface area contributed by atoms with Crippen molar-refractivity contribution in [3.05, 3.63) is 46.7 Å². The summed E-state index contributed by atoms with van der Waals surface area (Å²) in [7, 11) is 0. The molecule has 24 heavy (non-hydrogen) atoms. The molecule has 6 nitrogen and oxygen atoms in total. The van der Waals surface area contributed by atoms with Crippen LogP contribution >= 0.6 is 15.9 Å². The van der Waals surface area contributed by atoms with E-state index in [-0.39, 0.29) is 5.91 Å². The molecule has 1 saturated heterocycles. The van der Waals surface area contributed by atoms with Crippen LogP contribution in [0.4, 0.5) is 11.6 Å². The van der Waals surface area contributed by atoms with Gasteiger partial charge in [0.25, 0.3) is 0 Å². The fourth-order valence-electron chi connectivity index (χ4n) is 2.69. The van der Waals surface area contributed by atoms with Gasteiger partial charge in [0.05, 0.1) is 6.54 Å². The Hall–Kier alpha value is -1.99. The van der Waals surface area contributed by atoms with Crippen LogP contribution in [-0.4, -0.2) is 53.5 Å². The second-order valence-corrected chi connectivity index (χ2v) is 6.68. The highest BCUT2D eigenvalue weighted by Crippen LogP contribution is 2.20. The first-order valence-electron chi connectivity index (χ1n) is 7.92. The van der Waals surface area contributed by atoms with Crippen molar-refractivity contribution in [2.75, 3.05) is 42.9 Å². The fourth-order valence-corrected chi connectivity index (χ4v) is 2.93. The molecule has 0 aliphatic carbocycles. The van der Waals surface area contributed by atoms with Crippen LogP contribution in [0.15, 0.2) is 41.1 Å². The number of aryl methyl sites for hydroxylation is 1. The minimum absolute atomic E-state index is 0.0149. The van der Waals surface area contributed by atoms with Gasteiger partial charge in [-0.1, -0.05) is 15.9 Å². The van der Waals surface area contributed by atoms with Gasteiger partial charge in [-0.3, -0.25) is 9.69 Å². The molecule has 1 fully saturated rings. The number of benzene rings is 1. The average molecular weight is 390 g/mol. The summed E-state index contributed by atoms with van der Waals surface area (Å²) < 4.78 is 1.04. The number of halogens is 1. The number of carbonyl (C=O) groups excluding carboxylic acids is 1. The van der Waals surface area contributed by atoms with E-state index in [1.165, 1.54) is 0 Å². The zero-order valence-corrected chi connectivity index (χ0v) is 15.2. The molecule has 126 valence electrons. The first kappa shape index (κ1) is 16.9. The summed E-state index contributed by atoms with van der Waals surface area (Å²) in [5.41, 5.74) is 1.93. The standard InChI is InChI=1S/C17H20BrN5O/c1-13-11-14(3-4-15(13)18)21-16(24)12-22-7-9-23(10-8-22)17-19-5-2-6-20-17/h2-6,11H,7-10,12H2,1H3,(H,21,24). The number of nitrogens with zero attached hydrogens (tertiary/aromatic N) is 4. The minimum atomic E-state index is 0.0149. The third kappa shape index (κ3) is 4.30. The van der Waals surface area contributed by atoms with Crippen LogP contribution in [-0.2, 0) is 4.79 Å². The van der Waals surface area contributed by atoms with Crippen molar-refractivity contribution >= 4 is 33.5 Å². The van der Waals surface area contributed by atoms with E-state index in [2.05, 4.69) is 41.0 Å². The predicted molar refractivity (Wildman–Crippen MR) is 98.2 cm³/mol. The Labute approximate surface area is 150 Å². The maximum atomic E-state index is 12.2. The van der Waals surface area contributed by atoms with Crippen LogP contribution < -0.4 is 10.2 Å². The molecule has 0 radical (unpaired) electrons. The Morgan fingerprint density at radius 1 is 1.21 bits per heavy atom. The van der Waals surface area contributed by atoms with Crippen molar-refractivity contribution in [3.63, 3.8) is 0 Å². The predicted octanol–water partition coefficient (Wildman–Crippen LogP) is 2.31. The SMILES string of the molecule is Cc1cc(NC(=O)CN2CCN(c3ncccn3)CC2)ccc1Br. The summed E-state index contributed by atoms with van der Waals surface area (Å²) in [5, 5.41) is 2.96. The third-order valence-electron chi connectivity index (χ3n) is 4.02. The molecule has 1 aromatic carbocycles. The molecule has 0 unspecified atom stereocenters. The molecule has 3 rings (SSSR count). The Kier molecular flexibility index (Phi) is 5.42. The fraction of sp³-hybridized carbons (Fsp3) is 0.353. The van der Waals surface area contributed by atoms with E-state index in [9.17, 15) is 4.79 Å². The average Bonchev–Trinajstić information content (AvgIpc) is 2.59. The Bertz CT molecular complexity index is 701.